The van der Waals surface area contributed by atoms with Crippen LogP contribution in [0.5, 0.6) is 0 Å². The number of nitrogens with zero attached hydrogens (tertiary/aromatic N) is 1. The fourth-order valence-corrected chi connectivity index (χ4v) is 1.80. The van der Waals surface area contributed by atoms with Crippen molar-refractivity contribution in [3.05, 3.63) is 35.4 Å². The molecule has 1 aromatic carbocycles. The van der Waals surface area contributed by atoms with E-state index in [0.29, 0.717) is 18.5 Å². The first kappa shape index (κ1) is 13.2. The van der Waals surface area contributed by atoms with Gasteiger partial charge in [-0.3, -0.25) is 4.90 Å². The summed E-state index contributed by atoms with van der Waals surface area (Å²) in [5.41, 5.74) is 8.20. The first-order valence-corrected chi connectivity index (χ1v) is 6.02. The molecule has 1 atom stereocenters. The molecule has 0 aliphatic carbocycles. The predicted octanol–water partition coefficient (Wildman–Crippen LogP) is 2.62. The lowest BCUT2D eigenvalue weighted by Gasteiger charge is -2.28. The Morgan fingerprint density at radius 3 is 2.38 bits per heavy atom. The van der Waals surface area contributed by atoms with Crippen LogP contribution in [0.15, 0.2) is 24.3 Å². The SMILES string of the molecule is CC(C)C(C)N(C)Cc1cccc(CN)c1. The molecule has 0 saturated carbocycles. The summed E-state index contributed by atoms with van der Waals surface area (Å²) in [6.07, 6.45) is 0. The minimum atomic E-state index is 0.599. The maximum atomic E-state index is 5.64. The van der Waals surface area contributed by atoms with Crippen molar-refractivity contribution >= 4 is 0 Å². The van der Waals surface area contributed by atoms with Crippen LogP contribution in [0, 0.1) is 5.92 Å². The summed E-state index contributed by atoms with van der Waals surface area (Å²) in [7, 11) is 2.18. The van der Waals surface area contributed by atoms with Gasteiger partial charge in [0.05, 0.1) is 0 Å². The van der Waals surface area contributed by atoms with E-state index < -0.39 is 0 Å². The lowest BCUT2D eigenvalue weighted by Crippen LogP contribution is -2.32. The maximum absolute atomic E-state index is 5.64. The van der Waals surface area contributed by atoms with Crippen molar-refractivity contribution in [2.24, 2.45) is 11.7 Å². The van der Waals surface area contributed by atoms with E-state index in [-0.39, 0.29) is 0 Å². The zero-order chi connectivity index (χ0) is 12.1. The Hall–Kier alpha value is -0.860. The van der Waals surface area contributed by atoms with Crippen molar-refractivity contribution in [1.82, 2.24) is 4.90 Å². The van der Waals surface area contributed by atoms with Gasteiger partial charge in [0.2, 0.25) is 0 Å². The molecule has 0 heterocycles. The van der Waals surface area contributed by atoms with Crippen molar-refractivity contribution in [2.75, 3.05) is 7.05 Å². The molecule has 0 amide bonds. The Balaban J connectivity index is 2.65. The van der Waals surface area contributed by atoms with Crippen LogP contribution < -0.4 is 5.73 Å². The highest BCUT2D eigenvalue weighted by molar-refractivity contribution is 5.23. The first-order chi connectivity index (χ1) is 7.54. The molecule has 0 aromatic heterocycles. The summed E-state index contributed by atoms with van der Waals surface area (Å²) in [4.78, 5) is 2.39. The monoisotopic (exact) mass is 220 g/mol. The molecule has 0 bridgehead atoms. The van der Waals surface area contributed by atoms with Gasteiger partial charge in [0, 0.05) is 19.1 Å². The lowest BCUT2D eigenvalue weighted by molar-refractivity contribution is 0.200. The lowest BCUT2D eigenvalue weighted by atomic mass is 10.0. The van der Waals surface area contributed by atoms with Gasteiger partial charge in [-0.2, -0.15) is 0 Å². The van der Waals surface area contributed by atoms with E-state index in [0.717, 1.165) is 6.54 Å². The molecule has 0 aliphatic rings. The summed E-state index contributed by atoms with van der Waals surface area (Å²) < 4.78 is 0. The van der Waals surface area contributed by atoms with Crippen LogP contribution >= 0.6 is 0 Å². The van der Waals surface area contributed by atoms with E-state index in [1.807, 2.05) is 0 Å². The van der Waals surface area contributed by atoms with Gasteiger partial charge in [0.15, 0.2) is 0 Å². The van der Waals surface area contributed by atoms with Crippen LogP contribution in [0.25, 0.3) is 0 Å². The van der Waals surface area contributed by atoms with E-state index >= 15 is 0 Å². The Morgan fingerprint density at radius 2 is 1.81 bits per heavy atom. The van der Waals surface area contributed by atoms with Gasteiger partial charge in [-0.15, -0.1) is 0 Å². The smallest absolute Gasteiger partial charge is 0.0233 e. The fraction of sp³-hybridized carbons (Fsp3) is 0.571. The van der Waals surface area contributed by atoms with Crippen molar-refractivity contribution in [1.29, 1.82) is 0 Å². The van der Waals surface area contributed by atoms with Gasteiger partial charge in [-0.1, -0.05) is 38.1 Å². The van der Waals surface area contributed by atoms with Crippen molar-refractivity contribution in [3.8, 4) is 0 Å². The number of nitrogens with two attached hydrogens (primary N) is 1. The van der Waals surface area contributed by atoms with E-state index in [1.54, 1.807) is 0 Å². The summed E-state index contributed by atoms with van der Waals surface area (Å²) in [5.74, 6) is 0.683. The third-order valence-electron chi connectivity index (χ3n) is 3.32. The average molecular weight is 220 g/mol. The second-order valence-corrected chi connectivity index (χ2v) is 4.92. The highest BCUT2D eigenvalue weighted by Crippen LogP contribution is 2.13. The van der Waals surface area contributed by atoms with Gasteiger partial charge in [-0.25, -0.2) is 0 Å². The van der Waals surface area contributed by atoms with Gasteiger partial charge >= 0.3 is 0 Å². The molecule has 0 fully saturated rings. The highest BCUT2D eigenvalue weighted by Gasteiger charge is 2.12. The number of benzene rings is 1. The summed E-state index contributed by atoms with van der Waals surface area (Å²) in [6.45, 7) is 8.41. The molecular formula is C14H24N2. The van der Waals surface area contributed by atoms with Gasteiger partial charge in [0.25, 0.3) is 0 Å². The average Bonchev–Trinajstić information content (AvgIpc) is 2.28. The second kappa shape index (κ2) is 6.02. The molecule has 2 nitrogen and oxygen atoms in total. The Kier molecular flexibility index (Phi) is 4.97. The molecular weight excluding hydrogens is 196 g/mol. The highest BCUT2D eigenvalue weighted by atomic mass is 15.1. The van der Waals surface area contributed by atoms with E-state index in [2.05, 4.69) is 57.0 Å². The van der Waals surface area contributed by atoms with E-state index in [4.69, 9.17) is 5.73 Å². The van der Waals surface area contributed by atoms with Crippen molar-refractivity contribution in [3.63, 3.8) is 0 Å². The Labute approximate surface area is 99.5 Å². The fourth-order valence-electron chi connectivity index (χ4n) is 1.80. The molecule has 0 aliphatic heterocycles. The molecule has 0 spiro atoms. The topological polar surface area (TPSA) is 29.3 Å². The van der Waals surface area contributed by atoms with Gasteiger partial charge in [-0.05, 0) is 31.0 Å². The zero-order valence-corrected chi connectivity index (χ0v) is 10.9. The molecule has 2 heteroatoms. The molecule has 90 valence electrons. The van der Waals surface area contributed by atoms with Crippen LogP contribution in [0.4, 0.5) is 0 Å². The summed E-state index contributed by atoms with van der Waals surface area (Å²) in [5, 5.41) is 0. The number of hydrogen-bond acceptors (Lipinski definition) is 2. The Bertz CT molecular complexity index is 320. The quantitative estimate of drug-likeness (QED) is 0.826. The minimum Gasteiger partial charge on any atom is -0.326 e. The summed E-state index contributed by atoms with van der Waals surface area (Å²) >= 11 is 0. The largest absolute Gasteiger partial charge is 0.326 e. The number of hydrogen-bond donors (Lipinski definition) is 1. The zero-order valence-electron chi connectivity index (χ0n) is 10.9. The molecule has 16 heavy (non-hydrogen) atoms. The van der Waals surface area contributed by atoms with Crippen LogP contribution in [-0.4, -0.2) is 18.0 Å². The van der Waals surface area contributed by atoms with Crippen LogP contribution in [0.1, 0.15) is 31.9 Å². The molecule has 2 N–H and O–H groups in total. The predicted molar refractivity (Wildman–Crippen MR) is 70.1 cm³/mol. The third kappa shape index (κ3) is 3.62. The summed E-state index contributed by atoms with van der Waals surface area (Å²) in [6, 6.07) is 9.13. The Morgan fingerprint density at radius 1 is 1.19 bits per heavy atom. The normalized spacial score (nSPS) is 13.4. The molecule has 0 radical (unpaired) electrons. The number of rotatable bonds is 5. The van der Waals surface area contributed by atoms with Gasteiger partial charge in [0.1, 0.15) is 0 Å². The standard InChI is InChI=1S/C14H24N2/c1-11(2)12(3)16(4)10-14-7-5-6-13(8-14)9-15/h5-8,11-12H,9-10,15H2,1-4H3. The van der Waals surface area contributed by atoms with Crippen LogP contribution in [-0.2, 0) is 13.1 Å². The van der Waals surface area contributed by atoms with Gasteiger partial charge < -0.3 is 5.73 Å². The first-order valence-electron chi connectivity index (χ1n) is 6.02. The third-order valence-corrected chi connectivity index (χ3v) is 3.32. The molecule has 0 saturated heterocycles. The second-order valence-electron chi connectivity index (χ2n) is 4.92. The van der Waals surface area contributed by atoms with Crippen molar-refractivity contribution < 1.29 is 0 Å². The molecule has 1 aromatic rings. The van der Waals surface area contributed by atoms with E-state index in [1.165, 1.54) is 11.1 Å². The minimum absolute atomic E-state index is 0.599. The van der Waals surface area contributed by atoms with Crippen LogP contribution in [0.2, 0.25) is 0 Å². The van der Waals surface area contributed by atoms with Crippen molar-refractivity contribution in [2.45, 2.75) is 39.9 Å². The maximum Gasteiger partial charge on any atom is 0.0233 e. The van der Waals surface area contributed by atoms with E-state index in [9.17, 15) is 0 Å². The molecule has 1 unspecified atom stereocenters. The molecule has 1 rings (SSSR count). The van der Waals surface area contributed by atoms with Crippen LogP contribution in [0.3, 0.4) is 0 Å².